The van der Waals surface area contributed by atoms with Crippen LogP contribution in [0.2, 0.25) is 0 Å². The van der Waals surface area contributed by atoms with Crippen LogP contribution in [-0.2, 0) is 9.05 Å². The van der Waals surface area contributed by atoms with Crippen molar-refractivity contribution in [2.24, 2.45) is 5.41 Å². The average Bonchev–Trinajstić information content (AvgIpc) is 3.00. The minimum Gasteiger partial charge on any atom is -0.333 e. The molecule has 0 N–H and O–H groups in total. The SMILES string of the molecule is CC1=CCCC(C)(C)\C1=C/C=C(C)/C=C/C=C(\C)C1COPO1. The Kier molecular flexibility index (Phi) is 6.59. The van der Waals surface area contributed by atoms with Gasteiger partial charge >= 0.3 is 0 Å². The molecule has 1 aliphatic carbocycles. The molecule has 0 aromatic rings. The molecular weight excluding hydrogens is 303 g/mol. The predicted octanol–water partition coefficient (Wildman–Crippen LogP) is 6.05. The second kappa shape index (κ2) is 8.24. The number of allylic oxidation sites excluding steroid dienone is 9. The van der Waals surface area contributed by atoms with E-state index >= 15 is 0 Å². The molecule has 23 heavy (non-hydrogen) atoms. The summed E-state index contributed by atoms with van der Waals surface area (Å²) in [5.74, 6) is 0. The summed E-state index contributed by atoms with van der Waals surface area (Å²) < 4.78 is 10.8. The van der Waals surface area contributed by atoms with Crippen molar-refractivity contribution < 1.29 is 9.05 Å². The van der Waals surface area contributed by atoms with E-state index in [4.69, 9.17) is 9.05 Å². The highest BCUT2D eigenvalue weighted by Gasteiger charge is 2.26. The van der Waals surface area contributed by atoms with E-state index in [-0.39, 0.29) is 20.6 Å². The van der Waals surface area contributed by atoms with E-state index in [1.54, 1.807) is 0 Å². The van der Waals surface area contributed by atoms with Gasteiger partial charge in [-0.05, 0) is 50.2 Å². The predicted molar refractivity (Wildman–Crippen MR) is 101 cm³/mol. The lowest BCUT2D eigenvalue weighted by atomic mass is 9.73. The molecule has 0 bridgehead atoms. The molecule has 1 heterocycles. The van der Waals surface area contributed by atoms with Crippen molar-refractivity contribution in [3.05, 3.63) is 58.7 Å². The first kappa shape index (κ1) is 18.4. The van der Waals surface area contributed by atoms with Crippen molar-refractivity contribution >= 4 is 9.03 Å². The van der Waals surface area contributed by atoms with E-state index < -0.39 is 0 Å². The lowest BCUT2D eigenvalue weighted by molar-refractivity contribution is 0.279. The van der Waals surface area contributed by atoms with Crippen LogP contribution in [0.3, 0.4) is 0 Å². The molecule has 0 spiro atoms. The van der Waals surface area contributed by atoms with E-state index in [1.165, 1.54) is 35.1 Å². The highest BCUT2D eigenvalue weighted by atomic mass is 31.1. The van der Waals surface area contributed by atoms with Crippen LogP contribution in [0, 0.1) is 5.41 Å². The van der Waals surface area contributed by atoms with Gasteiger partial charge in [-0.1, -0.05) is 61.4 Å². The Balaban J connectivity index is 2.03. The Morgan fingerprint density at radius 2 is 2.09 bits per heavy atom. The van der Waals surface area contributed by atoms with Crippen LogP contribution in [0.1, 0.15) is 47.5 Å². The van der Waals surface area contributed by atoms with Gasteiger partial charge in [-0.3, -0.25) is 0 Å². The third kappa shape index (κ3) is 5.28. The minimum absolute atomic E-state index is 0.125. The molecule has 2 rings (SSSR count). The molecule has 0 saturated carbocycles. The molecular formula is C20H29O2P. The summed E-state index contributed by atoms with van der Waals surface area (Å²) in [6.45, 7) is 11.8. The maximum Gasteiger partial charge on any atom is 0.155 e. The zero-order valence-corrected chi connectivity index (χ0v) is 16.0. The molecule has 0 aromatic heterocycles. The first-order valence-corrected chi connectivity index (χ1v) is 9.15. The fourth-order valence-corrected chi connectivity index (χ4v) is 3.63. The van der Waals surface area contributed by atoms with Crippen molar-refractivity contribution in [1.29, 1.82) is 0 Å². The maximum atomic E-state index is 5.51. The van der Waals surface area contributed by atoms with Crippen LogP contribution < -0.4 is 0 Å². The van der Waals surface area contributed by atoms with Crippen molar-refractivity contribution in [2.75, 3.05) is 6.61 Å². The van der Waals surface area contributed by atoms with Gasteiger partial charge in [-0.15, -0.1) is 0 Å². The Bertz CT molecular complexity index is 570. The van der Waals surface area contributed by atoms with Gasteiger partial charge in [-0.2, -0.15) is 0 Å². The second-order valence-corrected chi connectivity index (χ2v) is 7.76. The van der Waals surface area contributed by atoms with Crippen LogP contribution in [0.25, 0.3) is 0 Å². The molecule has 0 aromatic carbocycles. The van der Waals surface area contributed by atoms with Gasteiger partial charge in [0, 0.05) is 0 Å². The zero-order chi connectivity index (χ0) is 16.9. The average molecular weight is 332 g/mol. The summed E-state index contributed by atoms with van der Waals surface area (Å²) in [5.41, 5.74) is 5.62. The van der Waals surface area contributed by atoms with Gasteiger partial charge in [0.25, 0.3) is 0 Å². The summed E-state index contributed by atoms with van der Waals surface area (Å²) in [5, 5.41) is 0. The van der Waals surface area contributed by atoms with Crippen LogP contribution in [0.4, 0.5) is 0 Å². The minimum atomic E-state index is 0.125. The van der Waals surface area contributed by atoms with Crippen molar-refractivity contribution in [1.82, 2.24) is 0 Å². The largest absolute Gasteiger partial charge is 0.333 e. The highest BCUT2D eigenvalue weighted by molar-refractivity contribution is 7.26. The fourth-order valence-electron chi connectivity index (χ4n) is 2.97. The summed E-state index contributed by atoms with van der Waals surface area (Å²) in [7, 11) is 0.187. The lowest BCUT2D eigenvalue weighted by Crippen LogP contribution is -2.18. The molecule has 1 aliphatic heterocycles. The molecule has 2 unspecified atom stereocenters. The molecule has 2 nitrogen and oxygen atoms in total. The second-order valence-electron chi connectivity index (χ2n) is 7.07. The monoisotopic (exact) mass is 332 g/mol. The Hall–Kier alpha value is -0.950. The van der Waals surface area contributed by atoms with E-state index in [1.807, 2.05) is 0 Å². The smallest absolute Gasteiger partial charge is 0.155 e. The Morgan fingerprint density at radius 3 is 2.74 bits per heavy atom. The van der Waals surface area contributed by atoms with Gasteiger partial charge in [-0.25, -0.2) is 0 Å². The molecule has 0 amide bonds. The zero-order valence-electron chi connectivity index (χ0n) is 15.0. The normalized spacial score (nSPS) is 28.8. The van der Waals surface area contributed by atoms with Crippen molar-refractivity contribution in [2.45, 2.75) is 53.6 Å². The van der Waals surface area contributed by atoms with Gasteiger partial charge in [0.1, 0.15) is 6.10 Å². The quantitative estimate of drug-likeness (QED) is 0.461. The summed E-state index contributed by atoms with van der Waals surface area (Å²) in [6, 6.07) is 0. The van der Waals surface area contributed by atoms with E-state index in [9.17, 15) is 0 Å². The van der Waals surface area contributed by atoms with Crippen LogP contribution in [0.5, 0.6) is 0 Å². The standard InChI is InChI=1S/C20H29O2P/c1-15(8-6-9-17(3)19-14-21-23-22-19)11-12-18-16(2)10-7-13-20(18,4)5/h6,8-12,19,23H,7,13-14H2,1-5H3/b8-6+,15-11+,17-9+,18-12-. The first-order valence-electron chi connectivity index (χ1n) is 8.33. The molecule has 126 valence electrons. The van der Waals surface area contributed by atoms with Gasteiger partial charge in [0.2, 0.25) is 0 Å². The van der Waals surface area contributed by atoms with Gasteiger partial charge in [0.05, 0.1) is 6.61 Å². The molecule has 2 aliphatic rings. The molecule has 3 heteroatoms. The fraction of sp³-hybridized carbons (Fsp3) is 0.500. The molecule has 0 radical (unpaired) electrons. The maximum absolute atomic E-state index is 5.51. The third-order valence-corrected chi connectivity index (χ3v) is 5.26. The van der Waals surface area contributed by atoms with E-state index in [2.05, 4.69) is 71.1 Å². The third-order valence-electron chi connectivity index (χ3n) is 4.60. The molecule has 1 saturated heterocycles. The number of hydrogen-bond donors (Lipinski definition) is 0. The van der Waals surface area contributed by atoms with Crippen molar-refractivity contribution in [3.63, 3.8) is 0 Å². The van der Waals surface area contributed by atoms with Gasteiger partial charge < -0.3 is 9.05 Å². The van der Waals surface area contributed by atoms with Crippen LogP contribution in [-0.4, -0.2) is 12.7 Å². The molecule has 1 fully saturated rings. The summed E-state index contributed by atoms with van der Waals surface area (Å²) in [6.07, 6.45) is 15.8. The topological polar surface area (TPSA) is 18.5 Å². The Labute approximate surface area is 143 Å². The Morgan fingerprint density at radius 1 is 1.30 bits per heavy atom. The number of rotatable bonds is 4. The van der Waals surface area contributed by atoms with E-state index in [0.717, 1.165) is 0 Å². The van der Waals surface area contributed by atoms with Gasteiger partial charge in [0.15, 0.2) is 9.03 Å². The van der Waals surface area contributed by atoms with E-state index in [0.29, 0.717) is 6.61 Å². The summed E-state index contributed by atoms with van der Waals surface area (Å²) in [4.78, 5) is 0. The van der Waals surface area contributed by atoms with Crippen LogP contribution in [0.15, 0.2) is 58.7 Å². The first-order chi connectivity index (χ1) is 10.9. The molecule has 2 atom stereocenters. The highest BCUT2D eigenvalue weighted by Crippen LogP contribution is 2.40. The number of hydrogen-bond acceptors (Lipinski definition) is 2. The lowest BCUT2D eigenvalue weighted by Gasteiger charge is -2.32. The summed E-state index contributed by atoms with van der Waals surface area (Å²) >= 11 is 0. The van der Waals surface area contributed by atoms with Crippen molar-refractivity contribution in [3.8, 4) is 0 Å². The van der Waals surface area contributed by atoms with Crippen LogP contribution >= 0.6 is 9.03 Å².